The number of hydrogen-bond donors (Lipinski definition) is 2. The molecule has 0 saturated heterocycles. The Morgan fingerprint density at radius 1 is 1.09 bits per heavy atom. The van der Waals surface area contributed by atoms with E-state index in [-0.39, 0.29) is 11.4 Å². The van der Waals surface area contributed by atoms with Gasteiger partial charge in [-0.1, -0.05) is 6.58 Å². The summed E-state index contributed by atoms with van der Waals surface area (Å²) in [5.74, 6) is -0.997. The van der Waals surface area contributed by atoms with Crippen molar-refractivity contribution in [3.05, 3.63) is 78.1 Å². The average Bonchev–Trinajstić information content (AvgIpc) is 3.19. The molecule has 1 heterocycles. The summed E-state index contributed by atoms with van der Waals surface area (Å²) in [4.78, 5) is 24.3. The van der Waals surface area contributed by atoms with Crippen LogP contribution in [-0.2, 0) is 11.0 Å². The number of carbonyl (C=O) groups is 2. The van der Waals surface area contributed by atoms with Gasteiger partial charge >= 0.3 is 6.18 Å². The Kier molecular flexibility index (Phi) is 6.33. The number of carbonyl (C=O) groups excluding carboxylic acids is 2. The molecule has 32 heavy (non-hydrogen) atoms. The van der Waals surface area contributed by atoms with E-state index in [1.165, 1.54) is 37.4 Å². The number of hydrogen-bond acceptors (Lipinski definition) is 4. The zero-order valence-corrected chi connectivity index (χ0v) is 17.2. The van der Waals surface area contributed by atoms with E-state index in [4.69, 9.17) is 4.74 Å². The lowest BCUT2D eigenvalue weighted by Gasteiger charge is -2.14. The van der Waals surface area contributed by atoms with E-state index in [0.29, 0.717) is 21.7 Å². The standard InChI is InChI=1S/C22H19F3N4O3/c1-4-19(30)27-14-9-13(2)10-15(11-14)28-21(31)18-12-26-29(20(18)22(23,24)25)16-5-7-17(32-3)8-6-16/h4-12H,1H2,2-3H3,(H,27,30)(H,28,31). The Morgan fingerprint density at radius 3 is 2.28 bits per heavy atom. The molecule has 3 aromatic rings. The van der Waals surface area contributed by atoms with Gasteiger partial charge in [0.15, 0.2) is 5.69 Å². The van der Waals surface area contributed by atoms with Crippen molar-refractivity contribution in [3.8, 4) is 11.4 Å². The number of methoxy groups -OCH3 is 1. The number of nitrogens with zero attached hydrogens (tertiary/aromatic N) is 2. The molecule has 3 rings (SSSR count). The minimum absolute atomic E-state index is 0.113. The van der Waals surface area contributed by atoms with Crippen LogP contribution in [0.25, 0.3) is 5.69 Å². The Hall–Kier alpha value is -4.08. The Balaban J connectivity index is 1.96. The molecule has 0 saturated carbocycles. The zero-order chi connectivity index (χ0) is 23.5. The van der Waals surface area contributed by atoms with Crippen molar-refractivity contribution >= 4 is 23.2 Å². The lowest BCUT2D eigenvalue weighted by Crippen LogP contribution is -2.21. The summed E-state index contributed by atoms with van der Waals surface area (Å²) in [6.07, 6.45) is -2.92. The van der Waals surface area contributed by atoms with Gasteiger partial charge in [-0.25, -0.2) is 4.68 Å². The molecule has 7 nitrogen and oxygen atoms in total. The minimum Gasteiger partial charge on any atom is -0.497 e. The van der Waals surface area contributed by atoms with Gasteiger partial charge in [-0.15, -0.1) is 0 Å². The molecule has 10 heteroatoms. The molecule has 0 radical (unpaired) electrons. The van der Waals surface area contributed by atoms with Crippen molar-refractivity contribution in [2.24, 2.45) is 0 Å². The number of rotatable bonds is 6. The third-order valence-corrected chi connectivity index (χ3v) is 4.39. The lowest BCUT2D eigenvalue weighted by atomic mass is 10.1. The van der Waals surface area contributed by atoms with Gasteiger partial charge in [0.2, 0.25) is 5.91 Å². The average molecular weight is 444 g/mol. The van der Waals surface area contributed by atoms with Crippen molar-refractivity contribution in [1.29, 1.82) is 0 Å². The van der Waals surface area contributed by atoms with Gasteiger partial charge in [0.1, 0.15) is 5.75 Å². The van der Waals surface area contributed by atoms with E-state index in [1.54, 1.807) is 19.1 Å². The Morgan fingerprint density at radius 2 is 1.72 bits per heavy atom. The maximum Gasteiger partial charge on any atom is 0.434 e. The molecule has 166 valence electrons. The highest BCUT2D eigenvalue weighted by Gasteiger charge is 2.40. The van der Waals surface area contributed by atoms with E-state index >= 15 is 0 Å². The molecule has 0 aliphatic carbocycles. The number of halogens is 3. The molecule has 2 aromatic carbocycles. The predicted octanol–water partition coefficient (Wildman–Crippen LogP) is 4.58. The fraction of sp³-hybridized carbons (Fsp3) is 0.136. The number of aromatic nitrogens is 2. The van der Waals surface area contributed by atoms with Crippen molar-refractivity contribution in [3.63, 3.8) is 0 Å². The van der Waals surface area contributed by atoms with Crippen LogP contribution in [0.4, 0.5) is 24.5 Å². The largest absolute Gasteiger partial charge is 0.497 e. The second kappa shape index (κ2) is 8.96. The molecule has 0 spiro atoms. The quantitative estimate of drug-likeness (QED) is 0.545. The molecular formula is C22H19F3N4O3. The highest BCUT2D eigenvalue weighted by molar-refractivity contribution is 6.06. The van der Waals surface area contributed by atoms with Gasteiger partial charge in [-0.05, 0) is 61.0 Å². The summed E-state index contributed by atoms with van der Waals surface area (Å²) < 4.78 is 47.3. The van der Waals surface area contributed by atoms with Crippen molar-refractivity contribution in [1.82, 2.24) is 9.78 Å². The van der Waals surface area contributed by atoms with Crippen LogP contribution in [0.3, 0.4) is 0 Å². The smallest absolute Gasteiger partial charge is 0.434 e. The third kappa shape index (κ3) is 4.97. The number of anilines is 2. The number of benzene rings is 2. The third-order valence-electron chi connectivity index (χ3n) is 4.39. The summed E-state index contributed by atoms with van der Waals surface area (Å²) >= 11 is 0. The second-order valence-electron chi connectivity index (χ2n) is 6.75. The van der Waals surface area contributed by atoms with Crippen LogP contribution in [0.5, 0.6) is 5.75 Å². The van der Waals surface area contributed by atoms with Gasteiger partial charge < -0.3 is 15.4 Å². The number of nitrogens with one attached hydrogen (secondary N) is 2. The van der Waals surface area contributed by atoms with Crippen LogP contribution in [0, 0.1) is 6.92 Å². The monoisotopic (exact) mass is 444 g/mol. The van der Waals surface area contributed by atoms with Crippen molar-refractivity contribution in [2.45, 2.75) is 13.1 Å². The first-order chi connectivity index (χ1) is 15.1. The first kappa shape index (κ1) is 22.6. The molecule has 0 aliphatic heterocycles. The zero-order valence-electron chi connectivity index (χ0n) is 17.2. The van der Waals surface area contributed by atoms with Gasteiger partial charge in [-0.2, -0.15) is 18.3 Å². The summed E-state index contributed by atoms with van der Waals surface area (Å²) in [5.41, 5.74) is -0.511. The molecule has 0 fully saturated rings. The van der Waals surface area contributed by atoms with Crippen molar-refractivity contribution in [2.75, 3.05) is 17.7 Å². The number of alkyl halides is 3. The van der Waals surface area contributed by atoms with Crippen LogP contribution in [-0.4, -0.2) is 28.7 Å². The van der Waals surface area contributed by atoms with Gasteiger partial charge in [0.25, 0.3) is 5.91 Å². The molecular weight excluding hydrogens is 425 g/mol. The molecule has 0 bridgehead atoms. The molecule has 0 atom stereocenters. The fourth-order valence-corrected chi connectivity index (χ4v) is 3.03. The summed E-state index contributed by atoms with van der Waals surface area (Å²) in [6, 6.07) is 10.4. The maximum absolute atomic E-state index is 13.9. The van der Waals surface area contributed by atoms with Gasteiger partial charge in [0, 0.05) is 11.4 Å². The number of aryl methyl sites for hydroxylation is 1. The fourth-order valence-electron chi connectivity index (χ4n) is 3.03. The summed E-state index contributed by atoms with van der Waals surface area (Å²) in [7, 11) is 1.44. The molecule has 2 N–H and O–H groups in total. The van der Waals surface area contributed by atoms with Crippen LogP contribution in [0.2, 0.25) is 0 Å². The number of amides is 2. The van der Waals surface area contributed by atoms with E-state index in [0.717, 1.165) is 12.3 Å². The number of ether oxygens (including phenoxy) is 1. The van der Waals surface area contributed by atoms with E-state index in [2.05, 4.69) is 22.3 Å². The molecule has 0 aliphatic rings. The maximum atomic E-state index is 13.9. The molecule has 0 unspecified atom stereocenters. The predicted molar refractivity (Wildman–Crippen MR) is 113 cm³/mol. The normalized spacial score (nSPS) is 11.0. The first-order valence-electron chi connectivity index (χ1n) is 9.28. The molecule has 2 amide bonds. The summed E-state index contributed by atoms with van der Waals surface area (Å²) in [6.45, 7) is 5.07. The van der Waals surface area contributed by atoms with Crippen LogP contribution >= 0.6 is 0 Å². The highest BCUT2D eigenvalue weighted by Crippen LogP contribution is 2.34. The topological polar surface area (TPSA) is 85.3 Å². The second-order valence-corrected chi connectivity index (χ2v) is 6.75. The highest BCUT2D eigenvalue weighted by atomic mass is 19.4. The first-order valence-corrected chi connectivity index (χ1v) is 9.28. The summed E-state index contributed by atoms with van der Waals surface area (Å²) in [5, 5.41) is 8.76. The van der Waals surface area contributed by atoms with Crippen LogP contribution in [0.1, 0.15) is 21.6 Å². The SMILES string of the molecule is C=CC(=O)Nc1cc(C)cc(NC(=O)c2cnn(-c3ccc(OC)cc3)c2C(F)(F)F)c1. The van der Waals surface area contributed by atoms with Gasteiger partial charge in [0.05, 0.1) is 24.6 Å². The lowest BCUT2D eigenvalue weighted by molar-refractivity contribution is -0.143. The van der Waals surface area contributed by atoms with Crippen molar-refractivity contribution < 1.29 is 27.5 Å². The van der Waals surface area contributed by atoms with E-state index in [9.17, 15) is 22.8 Å². The minimum atomic E-state index is -4.85. The van der Waals surface area contributed by atoms with E-state index < -0.39 is 29.2 Å². The Bertz CT molecular complexity index is 1170. The van der Waals surface area contributed by atoms with Crippen LogP contribution < -0.4 is 15.4 Å². The Labute approximate surface area is 181 Å². The van der Waals surface area contributed by atoms with Gasteiger partial charge in [-0.3, -0.25) is 9.59 Å². The van der Waals surface area contributed by atoms with Crippen LogP contribution in [0.15, 0.2) is 61.3 Å². The van der Waals surface area contributed by atoms with E-state index in [1.807, 2.05) is 0 Å². The molecule has 1 aromatic heterocycles.